The number of hydrogen-bond donors (Lipinski definition) is 2. The van der Waals surface area contributed by atoms with Gasteiger partial charge in [-0.25, -0.2) is 9.18 Å². The Hall–Kier alpha value is -1.53. The maximum atomic E-state index is 13.3. The molecule has 0 saturated heterocycles. The molecule has 106 valence electrons. The van der Waals surface area contributed by atoms with Crippen LogP contribution in [0.5, 0.6) is 0 Å². The van der Waals surface area contributed by atoms with Crippen molar-refractivity contribution >= 4 is 34.8 Å². The summed E-state index contributed by atoms with van der Waals surface area (Å²) in [5, 5.41) is 7.24. The van der Waals surface area contributed by atoms with E-state index in [-0.39, 0.29) is 11.7 Å². The molecular formula is C14H15FN2OS2. The lowest BCUT2D eigenvalue weighted by Crippen LogP contribution is -2.30. The maximum absolute atomic E-state index is 13.3. The second-order valence-electron chi connectivity index (χ2n) is 3.99. The molecule has 1 heterocycles. The van der Waals surface area contributed by atoms with Crippen molar-refractivity contribution in [3.05, 3.63) is 52.5 Å². The number of nitrogens with one attached hydrogen (secondary N) is 2. The van der Waals surface area contributed by atoms with Crippen LogP contribution in [0.25, 0.3) is 0 Å². The van der Waals surface area contributed by atoms with E-state index in [9.17, 15) is 9.18 Å². The monoisotopic (exact) mass is 310 g/mol. The summed E-state index contributed by atoms with van der Waals surface area (Å²) in [6.45, 7) is 0.552. The minimum atomic E-state index is -0.435. The molecule has 2 rings (SSSR count). The normalized spacial score (nSPS) is 10.2. The molecule has 0 spiro atoms. The van der Waals surface area contributed by atoms with Crippen LogP contribution in [0.4, 0.5) is 14.9 Å². The Bertz CT molecular complexity index is 546. The lowest BCUT2D eigenvalue weighted by Gasteiger charge is -2.07. The van der Waals surface area contributed by atoms with Gasteiger partial charge in [0.25, 0.3) is 0 Å². The Morgan fingerprint density at radius 1 is 1.25 bits per heavy atom. The number of hydrogen-bond acceptors (Lipinski definition) is 3. The van der Waals surface area contributed by atoms with E-state index in [1.165, 1.54) is 17.0 Å². The summed E-state index contributed by atoms with van der Waals surface area (Å²) < 4.78 is 13.3. The van der Waals surface area contributed by atoms with Crippen molar-refractivity contribution in [1.82, 2.24) is 5.32 Å². The van der Waals surface area contributed by atoms with Gasteiger partial charge in [-0.1, -0.05) is 18.2 Å². The van der Waals surface area contributed by atoms with Crippen LogP contribution in [0.15, 0.2) is 41.8 Å². The first-order chi connectivity index (χ1) is 9.75. The number of halogens is 1. The third-order valence-electron chi connectivity index (χ3n) is 2.48. The Labute approximate surface area is 125 Å². The summed E-state index contributed by atoms with van der Waals surface area (Å²) in [7, 11) is 0. The fourth-order valence-electron chi connectivity index (χ4n) is 1.53. The van der Waals surface area contributed by atoms with Crippen molar-refractivity contribution in [3.8, 4) is 0 Å². The molecule has 0 aliphatic heterocycles. The van der Waals surface area contributed by atoms with Crippen molar-refractivity contribution in [1.29, 1.82) is 0 Å². The lowest BCUT2D eigenvalue weighted by molar-refractivity contribution is 0.252. The highest BCUT2D eigenvalue weighted by atomic mass is 32.2. The van der Waals surface area contributed by atoms with E-state index < -0.39 is 5.82 Å². The lowest BCUT2D eigenvalue weighted by atomic mass is 10.3. The van der Waals surface area contributed by atoms with Crippen molar-refractivity contribution in [2.75, 3.05) is 17.6 Å². The van der Waals surface area contributed by atoms with Crippen molar-refractivity contribution < 1.29 is 9.18 Å². The first-order valence-corrected chi connectivity index (χ1v) is 8.18. The number of urea groups is 1. The number of anilines is 1. The second-order valence-corrected chi connectivity index (χ2v) is 6.13. The molecule has 6 heteroatoms. The van der Waals surface area contributed by atoms with Crippen LogP contribution in [0.1, 0.15) is 4.88 Å². The number of thiophene rings is 1. The van der Waals surface area contributed by atoms with E-state index in [4.69, 9.17) is 0 Å². The minimum Gasteiger partial charge on any atom is -0.337 e. The van der Waals surface area contributed by atoms with Crippen LogP contribution >= 0.6 is 23.1 Å². The highest BCUT2D eigenvalue weighted by molar-refractivity contribution is 7.98. The molecule has 3 nitrogen and oxygen atoms in total. The maximum Gasteiger partial charge on any atom is 0.319 e. The molecular weight excluding hydrogens is 295 g/mol. The quantitative estimate of drug-likeness (QED) is 0.793. The van der Waals surface area contributed by atoms with Gasteiger partial charge in [0.1, 0.15) is 5.82 Å². The van der Waals surface area contributed by atoms with Crippen LogP contribution in [0.3, 0.4) is 0 Å². The largest absolute Gasteiger partial charge is 0.337 e. The first-order valence-electron chi connectivity index (χ1n) is 6.15. The van der Waals surface area contributed by atoms with Gasteiger partial charge in [0.05, 0.1) is 5.69 Å². The van der Waals surface area contributed by atoms with Gasteiger partial charge in [-0.15, -0.1) is 11.3 Å². The summed E-state index contributed by atoms with van der Waals surface area (Å²) in [6, 6.07) is 9.84. The van der Waals surface area contributed by atoms with E-state index in [0.29, 0.717) is 6.54 Å². The SMILES string of the molecule is O=C(NCCSCc1cccs1)Nc1ccccc1F. The molecule has 2 aromatic rings. The highest BCUT2D eigenvalue weighted by Crippen LogP contribution is 2.16. The number of rotatable bonds is 6. The van der Waals surface area contributed by atoms with Crippen molar-refractivity contribution in [2.45, 2.75) is 5.75 Å². The average molecular weight is 310 g/mol. The van der Waals surface area contributed by atoms with Gasteiger partial charge >= 0.3 is 6.03 Å². The summed E-state index contributed by atoms with van der Waals surface area (Å²) in [5.74, 6) is 1.34. The molecule has 0 aliphatic rings. The van der Waals surface area contributed by atoms with Crippen LogP contribution in [0.2, 0.25) is 0 Å². The molecule has 1 aromatic carbocycles. The van der Waals surface area contributed by atoms with Gasteiger partial charge in [-0.3, -0.25) is 0 Å². The molecule has 0 aliphatic carbocycles. The van der Waals surface area contributed by atoms with Crippen LogP contribution in [-0.4, -0.2) is 18.3 Å². The van der Waals surface area contributed by atoms with Crippen LogP contribution in [-0.2, 0) is 5.75 Å². The van der Waals surface area contributed by atoms with E-state index in [1.807, 2.05) is 6.07 Å². The molecule has 0 unspecified atom stereocenters. The number of para-hydroxylation sites is 1. The standard InChI is InChI=1S/C14H15FN2OS2/c15-12-5-1-2-6-13(12)17-14(18)16-7-9-19-10-11-4-3-8-20-11/h1-6,8H,7,9-10H2,(H2,16,17,18). The molecule has 20 heavy (non-hydrogen) atoms. The summed E-state index contributed by atoms with van der Waals surface area (Å²) in [6.07, 6.45) is 0. The molecule has 0 bridgehead atoms. The molecule has 0 atom stereocenters. The smallest absolute Gasteiger partial charge is 0.319 e. The highest BCUT2D eigenvalue weighted by Gasteiger charge is 2.04. The molecule has 1 aromatic heterocycles. The Balaban J connectivity index is 1.62. The van der Waals surface area contributed by atoms with Crippen molar-refractivity contribution in [2.24, 2.45) is 0 Å². The number of benzene rings is 1. The van der Waals surface area contributed by atoms with E-state index in [1.54, 1.807) is 35.2 Å². The first kappa shape index (κ1) is 14.9. The fourth-order valence-corrected chi connectivity index (χ4v) is 3.23. The fraction of sp³-hybridized carbons (Fsp3) is 0.214. The summed E-state index contributed by atoms with van der Waals surface area (Å²) in [5.41, 5.74) is 0.191. The second kappa shape index (κ2) is 7.91. The summed E-state index contributed by atoms with van der Waals surface area (Å²) >= 11 is 3.48. The molecule has 2 amide bonds. The predicted molar refractivity (Wildman–Crippen MR) is 83.9 cm³/mol. The van der Waals surface area contributed by atoms with Gasteiger partial charge < -0.3 is 10.6 Å². The zero-order valence-corrected chi connectivity index (χ0v) is 12.4. The molecule has 2 N–H and O–H groups in total. The van der Waals surface area contributed by atoms with Gasteiger partial charge in [0.2, 0.25) is 0 Å². The molecule has 0 saturated carbocycles. The number of carbonyl (C=O) groups excluding carboxylic acids is 1. The third-order valence-corrected chi connectivity index (χ3v) is 4.55. The van der Waals surface area contributed by atoms with Crippen molar-refractivity contribution in [3.63, 3.8) is 0 Å². The number of thioether (sulfide) groups is 1. The average Bonchev–Trinajstić information content (AvgIpc) is 2.94. The Morgan fingerprint density at radius 2 is 2.10 bits per heavy atom. The van der Waals surface area contributed by atoms with E-state index in [0.717, 1.165) is 11.5 Å². The van der Waals surface area contributed by atoms with Gasteiger partial charge in [-0.05, 0) is 23.6 Å². The van der Waals surface area contributed by atoms with Gasteiger partial charge in [0, 0.05) is 22.9 Å². The summed E-state index contributed by atoms with van der Waals surface area (Å²) in [4.78, 5) is 12.9. The zero-order chi connectivity index (χ0) is 14.2. The van der Waals surface area contributed by atoms with Crippen LogP contribution < -0.4 is 10.6 Å². The minimum absolute atomic E-state index is 0.191. The number of amides is 2. The predicted octanol–water partition coefficient (Wildman–Crippen LogP) is 3.94. The molecule has 0 radical (unpaired) electrons. The van der Waals surface area contributed by atoms with Crippen LogP contribution in [0, 0.1) is 5.82 Å². The Kier molecular flexibility index (Phi) is 5.88. The van der Waals surface area contributed by atoms with E-state index in [2.05, 4.69) is 22.1 Å². The third kappa shape index (κ3) is 4.86. The zero-order valence-electron chi connectivity index (χ0n) is 10.8. The topological polar surface area (TPSA) is 41.1 Å². The van der Waals surface area contributed by atoms with Gasteiger partial charge in [-0.2, -0.15) is 11.8 Å². The molecule has 0 fully saturated rings. The Morgan fingerprint density at radius 3 is 2.85 bits per heavy atom. The van der Waals surface area contributed by atoms with E-state index >= 15 is 0 Å². The number of carbonyl (C=O) groups is 1. The van der Waals surface area contributed by atoms with Gasteiger partial charge in [0.15, 0.2) is 0 Å².